The van der Waals surface area contributed by atoms with Gasteiger partial charge in [0, 0.05) is 30.4 Å². The second kappa shape index (κ2) is 5.85. The molecule has 25 heavy (non-hydrogen) atoms. The van der Waals surface area contributed by atoms with E-state index in [9.17, 15) is 18.0 Å². The first kappa shape index (κ1) is 16.6. The van der Waals surface area contributed by atoms with Crippen LogP contribution in [0, 0.1) is 0 Å². The molecular weight excluding hydrogens is 333 g/mol. The predicted octanol–water partition coefficient (Wildman–Crippen LogP) is 2.57. The second-order valence-electron chi connectivity index (χ2n) is 7.16. The van der Waals surface area contributed by atoms with Gasteiger partial charge in [-0.2, -0.15) is 13.2 Å². The van der Waals surface area contributed by atoms with E-state index in [1.54, 1.807) is 11.8 Å². The van der Waals surface area contributed by atoms with E-state index in [4.69, 9.17) is 0 Å². The maximum Gasteiger partial charge on any atom is 0.433 e. The average Bonchev–Trinajstić information content (AvgIpc) is 3.05. The van der Waals surface area contributed by atoms with Gasteiger partial charge in [-0.1, -0.05) is 0 Å². The molecule has 5 nitrogen and oxygen atoms in total. The number of amides is 1. The van der Waals surface area contributed by atoms with Gasteiger partial charge < -0.3 is 9.80 Å². The minimum Gasteiger partial charge on any atom is -0.336 e. The molecule has 0 aromatic carbocycles. The van der Waals surface area contributed by atoms with Crippen molar-refractivity contribution in [3.05, 3.63) is 17.0 Å². The zero-order chi connectivity index (χ0) is 17.8. The van der Waals surface area contributed by atoms with Crippen LogP contribution in [-0.2, 0) is 23.8 Å². The van der Waals surface area contributed by atoms with Crippen molar-refractivity contribution in [3.8, 4) is 0 Å². The molecule has 4 rings (SSSR count). The Morgan fingerprint density at radius 3 is 2.60 bits per heavy atom. The van der Waals surface area contributed by atoms with Crippen LogP contribution in [0.5, 0.6) is 0 Å². The van der Waals surface area contributed by atoms with E-state index in [0.717, 1.165) is 32.2 Å². The number of alkyl halides is 3. The summed E-state index contributed by atoms with van der Waals surface area (Å²) in [5.41, 5.74) is -0.0845. The quantitative estimate of drug-likeness (QED) is 0.778. The van der Waals surface area contributed by atoms with Crippen molar-refractivity contribution >= 4 is 11.9 Å². The van der Waals surface area contributed by atoms with Gasteiger partial charge in [0.25, 0.3) is 0 Å². The molecule has 1 amide bonds. The Balaban J connectivity index is 1.76. The van der Waals surface area contributed by atoms with Crippen LogP contribution >= 0.6 is 0 Å². The molecule has 0 radical (unpaired) electrons. The summed E-state index contributed by atoms with van der Waals surface area (Å²) in [5.74, 6) is 0.0176. The highest BCUT2D eigenvalue weighted by Gasteiger charge is 2.43. The lowest BCUT2D eigenvalue weighted by atomic mass is 9.94. The SMILES string of the molecule is C[C@@H]1C(=O)N2CCC[C@@H]2CN1c1nc2c(c(C(F)(F)F)n1)CCCC2. The van der Waals surface area contributed by atoms with Crippen molar-refractivity contribution in [2.45, 2.75) is 63.7 Å². The largest absolute Gasteiger partial charge is 0.433 e. The van der Waals surface area contributed by atoms with Gasteiger partial charge in [0.15, 0.2) is 5.69 Å². The summed E-state index contributed by atoms with van der Waals surface area (Å²) < 4.78 is 40.6. The van der Waals surface area contributed by atoms with Crippen LogP contribution < -0.4 is 4.90 Å². The summed E-state index contributed by atoms with van der Waals surface area (Å²) in [5, 5.41) is 0. The molecule has 2 fully saturated rings. The minimum absolute atomic E-state index is 0.0383. The molecule has 2 aliphatic heterocycles. The lowest BCUT2D eigenvalue weighted by molar-refractivity contribution is -0.142. The molecule has 0 unspecified atom stereocenters. The molecule has 1 aromatic rings. The Kier molecular flexibility index (Phi) is 3.88. The van der Waals surface area contributed by atoms with E-state index >= 15 is 0 Å². The number of hydrogen-bond acceptors (Lipinski definition) is 4. The molecule has 3 aliphatic rings. The summed E-state index contributed by atoms with van der Waals surface area (Å²) in [6, 6.07) is -0.477. The van der Waals surface area contributed by atoms with Crippen molar-refractivity contribution in [2.75, 3.05) is 18.0 Å². The summed E-state index contributed by atoms with van der Waals surface area (Å²) in [4.78, 5) is 24.4. The third-order valence-corrected chi connectivity index (χ3v) is 5.59. The molecule has 0 spiro atoms. The Morgan fingerprint density at radius 2 is 1.84 bits per heavy atom. The number of halogens is 3. The maximum atomic E-state index is 13.5. The van der Waals surface area contributed by atoms with Gasteiger partial charge in [-0.3, -0.25) is 4.79 Å². The number of carbonyl (C=O) groups excluding carboxylic acids is 1. The van der Waals surface area contributed by atoms with Crippen LogP contribution in [0.4, 0.5) is 19.1 Å². The fourth-order valence-corrected chi connectivity index (χ4v) is 4.27. The van der Waals surface area contributed by atoms with E-state index < -0.39 is 17.9 Å². The number of aromatic nitrogens is 2. The highest BCUT2D eigenvalue weighted by Crippen LogP contribution is 2.37. The van der Waals surface area contributed by atoms with E-state index in [1.165, 1.54) is 0 Å². The lowest BCUT2D eigenvalue weighted by Gasteiger charge is -2.41. The number of piperazine rings is 1. The van der Waals surface area contributed by atoms with Gasteiger partial charge in [-0.25, -0.2) is 9.97 Å². The van der Waals surface area contributed by atoms with E-state index in [0.29, 0.717) is 25.1 Å². The highest BCUT2D eigenvalue weighted by atomic mass is 19.4. The van der Waals surface area contributed by atoms with Crippen LogP contribution in [-0.4, -0.2) is 45.9 Å². The number of hydrogen-bond donors (Lipinski definition) is 0. The van der Waals surface area contributed by atoms with Crippen LogP contribution in [0.2, 0.25) is 0 Å². The van der Waals surface area contributed by atoms with Gasteiger partial charge in [-0.05, 0) is 45.4 Å². The van der Waals surface area contributed by atoms with Gasteiger partial charge in [0.05, 0.1) is 0 Å². The maximum absolute atomic E-state index is 13.5. The normalized spacial score (nSPS) is 26.6. The number of nitrogens with zero attached hydrogens (tertiary/aromatic N) is 4. The van der Waals surface area contributed by atoms with Crippen LogP contribution in [0.1, 0.15) is 49.6 Å². The number of anilines is 1. The standard InChI is InChI=1S/C17H21F3N4O/c1-10-15(25)23-8-4-5-11(23)9-24(10)16-21-13-7-3-2-6-12(13)14(22-16)17(18,19)20/h10-11H,2-9H2,1H3/t10-,11-/m1/s1. The Bertz CT molecular complexity index is 706. The van der Waals surface area contributed by atoms with Gasteiger partial charge >= 0.3 is 6.18 Å². The summed E-state index contributed by atoms with van der Waals surface area (Å²) in [7, 11) is 0. The zero-order valence-electron chi connectivity index (χ0n) is 14.1. The molecular formula is C17H21F3N4O. The lowest BCUT2D eigenvalue weighted by Crippen LogP contribution is -2.59. The second-order valence-corrected chi connectivity index (χ2v) is 7.16. The molecule has 136 valence electrons. The van der Waals surface area contributed by atoms with Crippen LogP contribution in [0.3, 0.4) is 0 Å². The Hall–Kier alpha value is -1.86. The highest BCUT2D eigenvalue weighted by molar-refractivity contribution is 5.86. The Morgan fingerprint density at radius 1 is 1.08 bits per heavy atom. The zero-order valence-corrected chi connectivity index (χ0v) is 14.1. The smallest absolute Gasteiger partial charge is 0.336 e. The third kappa shape index (κ3) is 2.75. The molecule has 0 N–H and O–H groups in total. The van der Waals surface area contributed by atoms with Gasteiger partial charge in [-0.15, -0.1) is 0 Å². The fraction of sp³-hybridized carbons (Fsp3) is 0.706. The molecule has 8 heteroatoms. The molecule has 1 aliphatic carbocycles. The van der Waals surface area contributed by atoms with Crippen molar-refractivity contribution in [2.24, 2.45) is 0 Å². The number of fused-ring (bicyclic) bond motifs is 2. The first-order valence-electron chi connectivity index (χ1n) is 8.90. The first-order valence-corrected chi connectivity index (χ1v) is 8.90. The molecule has 0 saturated carbocycles. The summed E-state index contributed by atoms with van der Waals surface area (Å²) in [6.07, 6.45) is -0.196. The summed E-state index contributed by atoms with van der Waals surface area (Å²) in [6.45, 7) is 2.97. The van der Waals surface area contributed by atoms with Crippen molar-refractivity contribution in [1.82, 2.24) is 14.9 Å². The minimum atomic E-state index is -4.50. The van der Waals surface area contributed by atoms with E-state index in [1.807, 2.05) is 4.90 Å². The van der Waals surface area contributed by atoms with Gasteiger partial charge in [0.1, 0.15) is 6.04 Å². The van der Waals surface area contributed by atoms with Crippen LogP contribution in [0.25, 0.3) is 0 Å². The molecule has 2 saturated heterocycles. The van der Waals surface area contributed by atoms with Crippen molar-refractivity contribution < 1.29 is 18.0 Å². The van der Waals surface area contributed by atoms with Gasteiger partial charge in [0.2, 0.25) is 11.9 Å². The fourth-order valence-electron chi connectivity index (χ4n) is 4.27. The monoisotopic (exact) mass is 354 g/mol. The summed E-state index contributed by atoms with van der Waals surface area (Å²) >= 11 is 0. The first-order chi connectivity index (χ1) is 11.9. The number of carbonyl (C=O) groups is 1. The molecule has 3 heterocycles. The topological polar surface area (TPSA) is 49.3 Å². The third-order valence-electron chi connectivity index (χ3n) is 5.59. The van der Waals surface area contributed by atoms with E-state index in [2.05, 4.69) is 9.97 Å². The number of aryl methyl sites for hydroxylation is 1. The Labute approximate surface area is 144 Å². The molecule has 1 aromatic heterocycles. The predicted molar refractivity (Wildman–Crippen MR) is 85.2 cm³/mol. The van der Waals surface area contributed by atoms with Crippen molar-refractivity contribution in [1.29, 1.82) is 0 Å². The van der Waals surface area contributed by atoms with Crippen LogP contribution in [0.15, 0.2) is 0 Å². The molecule has 0 bridgehead atoms. The van der Waals surface area contributed by atoms with E-state index in [-0.39, 0.29) is 23.5 Å². The number of rotatable bonds is 1. The molecule has 2 atom stereocenters. The van der Waals surface area contributed by atoms with Crippen molar-refractivity contribution in [3.63, 3.8) is 0 Å². The average molecular weight is 354 g/mol.